The lowest BCUT2D eigenvalue weighted by Gasteiger charge is -2.16. The van der Waals surface area contributed by atoms with Gasteiger partial charge in [0.15, 0.2) is 0 Å². The van der Waals surface area contributed by atoms with E-state index in [9.17, 15) is 10.2 Å². The van der Waals surface area contributed by atoms with Gasteiger partial charge in [0.2, 0.25) is 0 Å². The molecule has 2 aromatic carbocycles. The highest BCUT2D eigenvalue weighted by Crippen LogP contribution is 2.30. The highest BCUT2D eigenvalue weighted by molar-refractivity contribution is 7.99. The molecular weight excluding hydrogens is 312 g/mol. The zero-order valence-electron chi connectivity index (χ0n) is 13.1. The minimum Gasteiger partial charge on any atom is -0.496 e. The Labute approximate surface area is 140 Å². The number of hydrogen-bond donors (Lipinski definition) is 3. The number of methoxy groups -OCH3 is 1. The van der Waals surface area contributed by atoms with E-state index in [-0.39, 0.29) is 13.0 Å². The van der Waals surface area contributed by atoms with Crippen molar-refractivity contribution in [2.75, 3.05) is 12.9 Å². The summed E-state index contributed by atoms with van der Waals surface area (Å²) in [7, 11) is 1.62. The normalized spacial score (nSPS) is 13.6. The molecule has 4 nitrogen and oxygen atoms in total. The Balaban J connectivity index is 1.87. The zero-order valence-corrected chi connectivity index (χ0v) is 13.9. The Kier molecular flexibility index (Phi) is 6.92. The quantitative estimate of drug-likeness (QED) is 0.648. The van der Waals surface area contributed by atoms with Crippen molar-refractivity contribution in [2.24, 2.45) is 0 Å². The molecule has 0 amide bonds. The lowest BCUT2D eigenvalue weighted by molar-refractivity contribution is 0.0931. The molecule has 2 atom stereocenters. The van der Waals surface area contributed by atoms with Gasteiger partial charge in [-0.05, 0) is 23.3 Å². The summed E-state index contributed by atoms with van der Waals surface area (Å²) in [4.78, 5) is 0.968. The molecule has 0 aliphatic rings. The summed E-state index contributed by atoms with van der Waals surface area (Å²) >= 11 is 1.50. The molecule has 124 valence electrons. The number of hydrogen-bond acceptors (Lipinski definition) is 5. The first-order valence-corrected chi connectivity index (χ1v) is 8.44. The van der Waals surface area contributed by atoms with Gasteiger partial charge in [0.05, 0.1) is 25.9 Å². The first-order valence-electron chi connectivity index (χ1n) is 7.45. The molecule has 0 aliphatic heterocycles. The molecular formula is C18H22O4S. The van der Waals surface area contributed by atoms with Crippen LogP contribution >= 0.6 is 11.8 Å². The van der Waals surface area contributed by atoms with E-state index in [1.165, 1.54) is 11.8 Å². The van der Waals surface area contributed by atoms with Crippen molar-refractivity contribution in [1.82, 2.24) is 0 Å². The predicted molar refractivity (Wildman–Crippen MR) is 91.7 cm³/mol. The molecule has 0 heterocycles. The summed E-state index contributed by atoms with van der Waals surface area (Å²) < 4.78 is 5.28. The number of thioether (sulfide) groups is 1. The first-order chi connectivity index (χ1) is 11.1. The van der Waals surface area contributed by atoms with E-state index < -0.39 is 12.2 Å². The maximum absolute atomic E-state index is 10.2. The number of aliphatic hydroxyl groups is 3. The molecule has 5 heteroatoms. The van der Waals surface area contributed by atoms with E-state index in [1.807, 2.05) is 24.3 Å². The molecule has 0 radical (unpaired) electrons. The fourth-order valence-corrected chi connectivity index (χ4v) is 3.21. The maximum Gasteiger partial charge on any atom is 0.132 e. The molecule has 0 bridgehead atoms. The number of rotatable bonds is 8. The van der Waals surface area contributed by atoms with E-state index in [2.05, 4.69) is 0 Å². The second-order valence-corrected chi connectivity index (χ2v) is 6.33. The molecule has 2 rings (SSSR count). The van der Waals surface area contributed by atoms with Crippen molar-refractivity contribution >= 4 is 11.8 Å². The minimum atomic E-state index is -0.726. The molecule has 0 saturated heterocycles. The van der Waals surface area contributed by atoms with Gasteiger partial charge in [0.1, 0.15) is 5.75 Å². The van der Waals surface area contributed by atoms with Crippen molar-refractivity contribution in [3.05, 3.63) is 59.7 Å². The molecule has 23 heavy (non-hydrogen) atoms. The van der Waals surface area contributed by atoms with Crippen LogP contribution in [0.15, 0.2) is 53.4 Å². The van der Waals surface area contributed by atoms with Crippen LogP contribution in [0.25, 0.3) is 0 Å². The van der Waals surface area contributed by atoms with Gasteiger partial charge in [-0.1, -0.05) is 36.4 Å². The molecule has 2 aromatic rings. The van der Waals surface area contributed by atoms with Crippen molar-refractivity contribution < 1.29 is 20.1 Å². The summed E-state index contributed by atoms with van der Waals surface area (Å²) in [5, 5.41) is 29.4. The van der Waals surface area contributed by atoms with Gasteiger partial charge in [-0.15, -0.1) is 11.8 Å². The largest absolute Gasteiger partial charge is 0.496 e. The van der Waals surface area contributed by atoms with Crippen molar-refractivity contribution in [1.29, 1.82) is 0 Å². The van der Waals surface area contributed by atoms with Crippen LogP contribution in [0.2, 0.25) is 0 Å². The number of para-hydroxylation sites is 1. The van der Waals surface area contributed by atoms with E-state index in [4.69, 9.17) is 9.84 Å². The number of ether oxygens (including phenoxy) is 1. The summed E-state index contributed by atoms with van der Waals surface area (Å²) in [5.74, 6) is 1.26. The van der Waals surface area contributed by atoms with Crippen LogP contribution < -0.4 is 4.74 Å². The van der Waals surface area contributed by atoms with Crippen LogP contribution in [0.3, 0.4) is 0 Å². The maximum atomic E-state index is 10.2. The van der Waals surface area contributed by atoms with E-state index >= 15 is 0 Å². The molecule has 0 saturated carbocycles. The van der Waals surface area contributed by atoms with Crippen molar-refractivity contribution in [3.8, 4) is 5.75 Å². The van der Waals surface area contributed by atoms with Crippen molar-refractivity contribution in [2.45, 2.75) is 30.1 Å². The monoisotopic (exact) mass is 334 g/mol. The van der Waals surface area contributed by atoms with Gasteiger partial charge < -0.3 is 20.1 Å². The average molecular weight is 334 g/mol. The first kappa shape index (κ1) is 17.8. The fraction of sp³-hybridized carbons (Fsp3) is 0.333. The lowest BCUT2D eigenvalue weighted by atomic mass is 10.0. The molecule has 0 unspecified atom stereocenters. The summed E-state index contributed by atoms with van der Waals surface area (Å²) in [6, 6.07) is 14.7. The van der Waals surface area contributed by atoms with E-state index in [0.29, 0.717) is 5.75 Å². The molecule has 0 aliphatic carbocycles. The van der Waals surface area contributed by atoms with E-state index in [1.54, 1.807) is 31.4 Å². The highest BCUT2D eigenvalue weighted by atomic mass is 32.2. The topological polar surface area (TPSA) is 69.9 Å². The van der Waals surface area contributed by atoms with Gasteiger partial charge in [0.25, 0.3) is 0 Å². The third-order valence-corrected chi connectivity index (χ3v) is 4.74. The number of aliphatic hydroxyl groups excluding tert-OH is 3. The molecule has 0 fully saturated rings. The van der Waals surface area contributed by atoms with Crippen LogP contribution in [0.4, 0.5) is 0 Å². The second-order valence-electron chi connectivity index (χ2n) is 5.27. The van der Waals surface area contributed by atoms with E-state index in [0.717, 1.165) is 21.8 Å². The van der Waals surface area contributed by atoms with Gasteiger partial charge in [0, 0.05) is 17.1 Å². The van der Waals surface area contributed by atoms with Gasteiger partial charge in [-0.3, -0.25) is 0 Å². The van der Waals surface area contributed by atoms with Crippen LogP contribution in [-0.4, -0.2) is 34.3 Å². The Hall–Kier alpha value is -1.53. The summed E-state index contributed by atoms with van der Waals surface area (Å²) in [6.45, 7) is -0.0193. The SMILES string of the molecule is COc1ccccc1SC[C@H](O)C[C@H](O)c1ccc(CO)cc1. The summed E-state index contributed by atoms with van der Waals surface area (Å²) in [6.07, 6.45) is -1.09. The lowest BCUT2D eigenvalue weighted by Crippen LogP contribution is -2.15. The zero-order chi connectivity index (χ0) is 16.7. The highest BCUT2D eigenvalue weighted by Gasteiger charge is 2.15. The minimum absolute atomic E-state index is 0.0193. The van der Waals surface area contributed by atoms with Gasteiger partial charge in [-0.2, -0.15) is 0 Å². The average Bonchev–Trinajstić information content (AvgIpc) is 2.60. The Bertz CT molecular complexity index is 600. The fourth-order valence-electron chi connectivity index (χ4n) is 2.23. The molecule has 0 spiro atoms. The van der Waals surface area contributed by atoms with Crippen LogP contribution in [0.5, 0.6) is 5.75 Å². The predicted octanol–water partition coefficient (Wildman–Crippen LogP) is 2.76. The third kappa shape index (κ3) is 5.25. The van der Waals surface area contributed by atoms with Gasteiger partial charge in [-0.25, -0.2) is 0 Å². The standard InChI is InChI=1S/C18H22O4S/c1-22-17-4-2-3-5-18(17)23-12-15(20)10-16(21)14-8-6-13(11-19)7-9-14/h2-9,15-16,19-21H,10-12H2,1H3/t15-,16+/m1/s1. The Morgan fingerprint density at radius 1 is 1.04 bits per heavy atom. The Morgan fingerprint density at radius 3 is 2.39 bits per heavy atom. The van der Waals surface area contributed by atoms with Crippen LogP contribution in [0, 0.1) is 0 Å². The van der Waals surface area contributed by atoms with Crippen LogP contribution in [0.1, 0.15) is 23.7 Å². The Morgan fingerprint density at radius 2 is 1.74 bits per heavy atom. The summed E-state index contributed by atoms with van der Waals surface area (Å²) in [5.41, 5.74) is 1.54. The smallest absolute Gasteiger partial charge is 0.132 e. The third-order valence-electron chi connectivity index (χ3n) is 3.54. The molecule has 0 aromatic heterocycles. The second kappa shape index (κ2) is 8.93. The number of benzene rings is 2. The van der Waals surface area contributed by atoms with Crippen LogP contribution in [-0.2, 0) is 6.61 Å². The van der Waals surface area contributed by atoms with Crippen molar-refractivity contribution in [3.63, 3.8) is 0 Å². The van der Waals surface area contributed by atoms with Gasteiger partial charge >= 0.3 is 0 Å². The molecule has 3 N–H and O–H groups in total.